The number of rotatable bonds is 6. The molecule has 0 bridgehead atoms. The molecule has 8 nitrogen and oxygen atoms in total. The molecular weight excluding hydrogens is 362 g/mol. The lowest BCUT2D eigenvalue weighted by molar-refractivity contribution is 0.0687. The zero-order valence-electron chi connectivity index (χ0n) is 15.2. The van der Waals surface area contributed by atoms with Crippen LogP contribution in [0.4, 0.5) is 5.69 Å². The Labute approximate surface area is 160 Å². The van der Waals surface area contributed by atoms with Crippen LogP contribution in [0.15, 0.2) is 64.7 Å². The Morgan fingerprint density at radius 1 is 1.11 bits per heavy atom. The maximum atomic E-state index is 12.0. The van der Waals surface area contributed by atoms with Crippen molar-refractivity contribution in [1.82, 2.24) is 9.78 Å². The second kappa shape index (κ2) is 7.83. The van der Waals surface area contributed by atoms with E-state index in [1.54, 1.807) is 12.1 Å². The van der Waals surface area contributed by atoms with Crippen molar-refractivity contribution in [2.24, 2.45) is 5.18 Å². The lowest BCUT2D eigenvalue weighted by Gasteiger charge is -2.17. The summed E-state index contributed by atoms with van der Waals surface area (Å²) in [4.78, 5) is 34.4. The molecule has 0 amide bonds. The van der Waals surface area contributed by atoms with Crippen LogP contribution < -0.4 is 10.2 Å². The Morgan fingerprint density at radius 3 is 2.39 bits per heavy atom. The van der Waals surface area contributed by atoms with Crippen molar-refractivity contribution >= 4 is 11.7 Å². The molecule has 0 radical (unpaired) electrons. The number of para-hydroxylation sites is 2. The number of nitroso groups, excluding NO2 is 1. The van der Waals surface area contributed by atoms with Crippen LogP contribution in [0.2, 0.25) is 0 Å². The number of aromatic nitrogens is 2. The van der Waals surface area contributed by atoms with Crippen LogP contribution in [0, 0.1) is 4.91 Å². The van der Waals surface area contributed by atoms with Crippen molar-refractivity contribution in [3.05, 3.63) is 75.6 Å². The monoisotopic (exact) mass is 379 g/mol. The van der Waals surface area contributed by atoms with Crippen molar-refractivity contribution < 1.29 is 14.6 Å². The maximum absolute atomic E-state index is 12.0. The van der Waals surface area contributed by atoms with E-state index in [4.69, 9.17) is 4.74 Å². The van der Waals surface area contributed by atoms with Crippen LogP contribution in [0.3, 0.4) is 0 Å². The number of hydrogen-bond acceptors (Lipinski definition) is 6. The van der Waals surface area contributed by atoms with Crippen molar-refractivity contribution in [3.8, 4) is 22.6 Å². The summed E-state index contributed by atoms with van der Waals surface area (Å²) in [6, 6.07) is 14.4. The fourth-order valence-corrected chi connectivity index (χ4v) is 2.75. The first-order valence-electron chi connectivity index (χ1n) is 8.48. The van der Waals surface area contributed by atoms with Gasteiger partial charge in [-0.25, -0.2) is 9.48 Å². The van der Waals surface area contributed by atoms with Crippen LogP contribution in [-0.2, 0) is 0 Å². The normalized spacial score (nSPS) is 10.7. The van der Waals surface area contributed by atoms with E-state index in [1.807, 2.05) is 50.2 Å². The summed E-state index contributed by atoms with van der Waals surface area (Å²) < 4.78 is 7.04. The summed E-state index contributed by atoms with van der Waals surface area (Å²) in [5.41, 5.74) is -0.435. The van der Waals surface area contributed by atoms with Gasteiger partial charge in [-0.1, -0.05) is 36.4 Å². The third-order valence-electron chi connectivity index (χ3n) is 3.89. The largest absolute Gasteiger partial charge is 0.490 e. The van der Waals surface area contributed by atoms with E-state index in [9.17, 15) is 19.6 Å². The molecule has 0 spiro atoms. The zero-order valence-corrected chi connectivity index (χ0v) is 15.2. The van der Waals surface area contributed by atoms with Crippen molar-refractivity contribution in [1.29, 1.82) is 0 Å². The molecule has 142 valence electrons. The smallest absolute Gasteiger partial charge is 0.360 e. The molecule has 0 aliphatic rings. The molecular formula is C20H17N3O5. The number of carboxylic acids is 1. The van der Waals surface area contributed by atoms with E-state index in [-0.39, 0.29) is 6.10 Å². The van der Waals surface area contributed by atoms with Gasteiger partial charge in [0.2, 0.25) is 11.1 Å². The third-order valence-corrected chi connectivity index (χ3v) is 3.89. The number of ether oxygens (including phenoxy) is 1. The first-order chi connectivity index (χ1) is 13.4. The highest BCUT2D eigenvalue weighted by molar-refractivity contribution is 5.86. The summed E-state index contributed by atoms with van der Waals surface area (Å²) in [5, 5.41) is 15.8. The first-order valence-corrected chi connectivity index (χ1v) is 8.48. The van der Waals surface area contributed by atoms with Gasteiger partial charge in [-0.15, -0.1) is 4.91 Å². The van der Waals surface area contributed by atoms with Crippen molar-refractivity contribution in [3.63, 3.8) is 0 Å². The second-order valence-corrected chi connectivity index (χ2v) is 6.21. The highest BCUT2D eigenvalue weighted by Gasteiger charge is 2.19. The Kier molecular flexibility index (Phi) is 5.30. The van der Waals surface area contributed by atoms with Gasteiger partial charge in [0.15, 0.2) is 5.69 Å². The molecule has 1 heterocycles. The predicted octanol–water partition coefficient (Wildman–Crippen LogP) is 3.78. The molecule has 0 saturated carbocycles. The fourth-order valence-electron chi connectivity index (χ4n) is 2.75. The van der Waals surface area contributed by atoms with Crippen LogP contribution >= 0.6 is 0 Å². The number of benzene rings is 2. The Morgan fingerprint density at radius 2 is 1.75 bits per heavy atom. The van der Waals surface area contributed by atoms with Gasteiger partial charge in [0.1, 0.15) is 5.75 Å². The summed E-state index contributed by atoms with van der Waals surface area (Å²) in [6.45, 7) is 3.82. The zero-order chi connectivity index (χ0) is 20.3. The quantitative estimate of drug-likeness (QED) is 0.653. The molecule has 0 aliphatic carbocycles. The van der Waals surface area contributed by atoms with Crippen LogP contribution in [0.1, 0.15) is 24.3 Å². The third kappa shape index (κ3) is 3.66. The molecule has 0 atom stereocenters. The molecule has 0 saturated heterocycles. The Bertz CT molecular complexity index is 1100. The molecule has 3 aromatic rings. The SMILES string of the molecule is CC(C)Oc1ccccc1-c1ccccc1-n1cc(N=O)c(=O)c(C(=O)O)n1. The van der Waals surface area contributed by atoms with Crippen LogP contribution in [0.25, 0.3) is 16.8 Å². The maximum Gasteiger partial charge on any atom is 0.360 e. The molecule has 0 aliphatic heterocycles. The minimum Gasteiger partial charge on any atom is -0.490 e. The van der Waals surface area contributed by atoms with Gasteiger partial charge >= 0.3 is 5.97 Å². The number of nitrogens with zero attached hydrogens (tertiary/aromatic N) is 3. The van der Waals surface area contributed by atoms with Gasteiger partial charge < -0.3 is 9.84 Å². The van der Waals surface area contributed by atoms with Gasteiger partial charge in [0.25, 0.3) is 0 Å². The van der Waals surface area contributed by atoms with Crippen molar-refractivity contribution in [2.45, 2.75) is 20.0 Å². The van der Waals surface area contributed by atoms with E-state index < -0.39 is 22.8 Å². The molecule has 8 heteroatoms. The van der Waals surface area contributed by atoms with E-state index in [1.165, 1.54) is 4.68 Å². The number of hydrogen-bond donors (Lipinski definition) is 1. The summed E-state index contributed by atoms with van der Waals surface area (Å²) in [7, 11) is 0. The molecule has 2 aromatic carbocycles. The van der Waals surface area contributed by atoms with Gasteiger partial charge in [-0.05, 0) is 31.2 Å². The minimum atomic E-state index is -1.54. The number of aromatic carboxylic acids is 1. The van der Waals surface area contributed by atoms with E-state index >= 15 is 0 Å². The molecule has 1 aromatic heterocycles. The van der Waals surface area contributed by atoms with E-state index in [0.717, 1.165) is 11.8 Å². The minimum absolute atomic E-state index is 0.0525. The molecule has 28 heavy (non-hydrogen) atoms. The van der Waals surface area contributed by atoms with Gasteiger partial charge in [-0.3, -0.25) is 4.79 Å². The lowest BCUT2D eigenvalue weighted by Crippen LogP contribution is -2.21. The Hall–Kier alpha value is -3.81. The molecule has 3 rings (SSSR count). The molecule has 0 fully saturated rings. The standard InChI is InChI=1S/C20H17N3O5/c1-12(2)28-17-10-6-4-8-14(17)13-7-3-5-9-16(13)23-11-15(22-27)19(24)18(21-23)20(25)26/h3-12H,1-2H3,(H,25,26). The lowest BCUT2D eigenvalue weighted by atomic mass is 10.0. The first kappa shape index (κ1) is 19.0. The summed E-state index contributed by atoms with van der Waals surface area (Å²) in [6.07, 6.45) is 1.07. The highest BCUT2D eigenvalue weighted by Crippen LogP contribution is 2.34. The van der Waals surface area contributed by atoms with Gasteiger partial charge in [0, 0.05) is 11.1 Å². The average molecular weight is 379 g/mol. The predicted molar refractivity (Wildman–Crippen MR) is 103 cm³/mol. The highest BCUT2D eigenvalue weighted by atomic mass is 16.5. The van der Waals surface area contributed by atoms with E-state index in [0.29, 0.717) is 17.0 Å². The van der Waals surface area contributed by atoms with Crippen LogP contribution in [0.5, 0.6) is 5.75 Å². The van der Waals surface area contributed by atoms with E-state index in [2.05, 4.69) is 10.3 Å². The number of carbonyl (C=O) groups is 1. The van der Waals surface area contributed by atoms with Crippen LogP contribution in [-0.4, -0.2) is 27.0 Å². The number of carboxylic acid groups (broad SMARTS) is 1. The summed E-state index contributed by atoms with van der Waals surface area (Å²) in [5.74, 6) is -0.900. The fraction of sp³-hybridized carbons (Fsp3) is 0.150. The summed E-state index contributed by atoms with van der Waals surface area (Å²) >= 11 is 0. The van der Waals surface area contributed by atoms with Gasteiger partial charge in [-0.2, -0.15) is 5.10 Å². The second-order valence-electron chi connectivity index (χ2n) is 6.21. The topological polar surface area (TPSA) is 111 Å². The molecule has 1 N–H and O–H groups in total. The average Bonchev–Trinajstić information content (AvgIpc) is 2.68. The Balaban J connectivity index is 2.26. The molecule has 0 unspecified atom stereocenters. The van der Waals surface area contributed by atoms with Crippen molar-refractivity contribution in [2.75, 3.05) is 0 Å². The van der Waals surface area contributed by atoms with Gasteiger partial charge in [0.05, 0.1) is 18.0 Å².